The van der Waals surface area contributed by atoms with Gasteiger partial charge in [0.2, 0.25) is 5.91 Å². The summed E-state index contributed by atoms with van der Waals surface area (Å²) >= 11 is 0. The van der Waals surface area contributed by atoms with Gasteiger partial charge in [-0.2, -0.15) is 0 Å². The minimum atomic E-state index is 0.0453. The third-order valence-corrected chi connectivity index (χ3v) is 6.05. The van der Waals surface area contributed by atoms with E-state index >= 15 is 0 Å². The molecule has 0 N–H and O–H groups in total. The van der Waals surface area contributed by atoms with Gasteiger partial charge >= 0.3 is 0 Å². The van der Waals surface area contributed by atoms with Gasteiger partial charge in [-0.05, 0) is 74.6 Å². The first-order valence-electron chi connectivity index (χ1n) is 11.4. The number of hydrogen-bond acceptors (Lipinski definition) is 4. The molecule has 2 aromatic rings. The number of benzene rings is 2. The van der Waals surface area contributed by atoms with Crippen molar-refractivity contribution in [2.24, 2.45) is 0 Å². The Labute approximate surface area is 191 Å². The van der Waals surface area contributed by atoms with Crippen molar-refractivity contribution in [2.75, 3.05) is 39.9 Å². The maximum Gasteiger partial charge on any atom is 0.253 e. The summed E-state index contributed by atoms with van der Waals surface area (Å²) in [6.07, 6.45) is 1.87. The fourth-order valence-corrected chi connectivity index (χ4v) is 3.98. The minimum Gasteiger partial charge on any atom is -0.493 e. The topological polar surface area (TPSA) is 59.1 Å². The molecule has 2 aromatic carbocycles. The first kappa shape index (κ1) is 23.6. The maximum absolute atomic E-state index is 12.9. The van der Waals surface area contributed by atoms with Crippen LogP contribution in [0.4, 0.5) is 0 Å². The van der Waals surface area contributed by atoms with Gasteiger partial charge in [-0.3, -0.25) is 9.59 Å². The Morgan fingerprint density at radius 1 is 0.906 bits per heavy atom. The Bertz CT molecular complexity index is 957. The molecule has 6 heteroatoms. The fraction of sp³-hybridized carbons (Fsp3) is 0.462. The zero-order valence-corrected chi connectivity index (χ0v) is 19.6. The average molecular weight is 439 g/mol. The molecule has 6 nitrogen and oxygen atoms in total. The number of methoxy groups -OCH3 is 1. The molecule has 32 heavy (non-hydrogen) atoms. The lowest BCUT2D eigenvalue weighted by Gasteiger charge is -2.22. The van der Waals surface area contributed by atoms with E-state index in [0.717, 1.165) is 23.1 Å². The van der Waals surface area contributed by atoms with Crippen LogP contribution in [0.3, 0.4) is 0 Å². The van der Waals surface area contributed by atoms with Crippen molar-refractivity contribution in [3.63, 3.8) is 0 Å². The predicted molar refractivity (Wildman–Crippen MR) is 126 cm³/mol. The molecule has 0 spiro atoms. The van der Waals surface area contributed by atoms with E-state index in [0.29, 0.717) is 57.1 Å². The number of carbonyl (C=O) groups is 2. The van der Waals surface area contributed by atoms with Crippen molar-refractivity contribution in [2.45, 2.75) is 40.0 Å². The second-order valence-electron chi connectivity index (χ2n) is 8.24. The van der Waals surface area contributed by atoms with E-state index in [1.807, 2.05) is 67.0 Å². The van der Waals surface area contributed by atoms with Gasteiger partial charge in [0.05, 0.1) is 13.7 Å². The summed E-state index contributed by atoms with van der Waals surface area (Å²) in [4.78, 5) is 29.5. The number of rotatable bonds is 7. The molecule has 0 aliphatic carbocycles. The van der Waals surface area contributed by atoms with Gasteiger partial charge in [-0.25, -0.2) is 0 Å². The second-order valence-corrected chi connectivity index (χ2v) is 8.24. The van der Waals surface area contributed by atoms with Crippen LogP contribution in [-0.2, 0) is 11.2 Å². The summed E-state index contributed by atoms with van der Waals surface area (Å²) < 4.78 is 11.0. The van der Waals surface area contributed by atoms with Gasteiger partial charge in [-0.1, -0.05) is 12.1 Å². The molecular weight excluding hydrogens is 404 g/mol. The summed E-state index contributed by atoms with van der Waals surface area (Å²) in [7, 11) is 1.62. The van der Waals surface area contributed by atoms with Crippen LogP contribution < -0.4 is 9.47 Å². The summed E-state index contributed by atoms with van der Waals surface area (Å²) in [5.41, 5.74) is 4.06. The van der Waals surface area contributed by atoms with Crippen LogP contribution in [0.5, 0.6) is 11.5 Å². The second kappa shape index (κ2) is 11.0. The number of nitrogens with zero attached hydrogens (tertiary/aromatic N) is 2. The first-order valence-corrected chi connectivity index (χ1v) is 11.4. The number of aryl methyl sites for hydroxylation is 3. The summed E-state index contributed by atoms with van der Waals surface area (Å²) in [5, 5.41) is 0. The molecule has 1 aliphatic rings. The molecule has 0 bridgehead atoms. The van der Waals surface area contributed by atoms with Gasteiger partial charge in [-0.15, -0.1) is 0 Å². The molecule has 0 saturated carbocycles. The van der Waals surface area contributed by atoms with Gasteiger partial charge in [0.15, 0.2) is 11.5 Å². The van der Waals surface area contributed by atoms with Crippen molar-refractivity contribution >= 4 is 11.8 Å². The number of ether oxygens (including phenoxy) is 2. The first-order chi connectivity index (χ1) is 15.4. The summed E-state index contributed by atoms with van der Waals surface area (Å²) in [6, 6.07) is 11.6. The van der Waals surface area contributed by atoms with E-state index in [2.05, 4.69) is 0 Å². The fourth-order valence-electron chi connectivity index (χ4n) is 3.98. The molecule has 1 aliphatic heterocycles. The standard InChI is InChI=1S/C26H34N2O4/c1-5-32-23-11-8-21(18-24(23)31-4)9-12-25(29)27-13-6-14-28(16-15-27)26(30)22-10-7-19(2)20(3)17-22/h7-8,10-11,17-18H,5-6,9,12-16H2,1-4H3. The normalized spacial score (nSPS) is 14.1. The van der Waals surface area contributed by atoms with Gasteiger partial charge < -0.3 is 19.3 Å². The van der Waals surface area contributed by atoms with Crippen LogP contribution in [0.25, 0.3) is 0 Å². The Morgan fingerprint density at radius 3 is 2.38 bits per heavy atom. The highest BCUT2D eigenvalue weighted by atomic mass is 16.5. The molecule has 1 saturated heterocycles. The Kier molecular flexibility index (Phi) is 8.14. The van der Waals surface area contributed by atoms with Crippen LogP contribution in [-0.4, -0.2) is 61.5 Å². The summed E-state index contributed by atoms with van der Waals surface area (Å²) in [5.74, 6) is 1.57. The van der Waals surface area contributed by atoms with Crippen molar-refractivity contribution < 1.29 is 19.1 Å². The van der Waals surface area contributed by atoms with Crippen LogP contribution in [0.15, 0.2) is 36.4 Å². The largest absolute Gasteiger partial charge is 0.493 e. The lowest BCUT2D eigenvalue weighted by atomic mass is 10.1. The van der Waals surface area contributed by atoms with Crippen LogP contribution in [0, 0.1) is 13.8 Å². The molecular formula is C26H34N2O4. The molecule has 1 heterocycles. The Morgan fingerprint density at radius 2 is 1.66 bits per heavy atom. The molecule has 2 amide bonds. The number of amides is 2. The zero-order valence-electron chi connectivity index (χ0n) is 19.6. The van der Waals surface area contributed by atoms with E-state index in [-0.39, 0.29) is 11.8 Å². The van der Waals surface area contributed by atoms with Crippen LogP contribution in [0.2, 0.25) is 0 Å². The quantitative estimate of drug-likeness (QED) is 0.655. The number of carbonyl (C=O) groups excluding carboxylic acids is 2. The molecule has 0 atom stereocenters. The highest BCUT2D eigenvalue weighted by Crippen LogP contribution is 2.28. The van der Waals surface area contributed by atoms with Crippen molar-refractivity contribution in [1.82, 2.24) is 9.80 Å². The van der Waals surface area contributed by atoms with E-state index in [1.165, 1.54) is 5.56 Å². The highest BCUT2D eigenvalue weighted by molar-refractivity contribution is 5.94. The molecule has 172 valence electrons. The Balaban J connectivity index is 1.55. The van der Waals surface area contributed by atoms with E-state index < -0.39 is 0 Å². The smallest absolute Gasteiger partial charge is 0.253 e. The van der Waals surface area contributed by atoms with Crippen LogP contribution >= 0.6 is 0 Å². The maximum atomic E-state index is 12.9. The lowest BCUT2D eigenvalue weighted by Crippen LogP contribution is -2.37. The van der Waals surface area contributed by atoms with Crippen LogP contribution in [0.1, 0.15) is 46.8 Å². The van der Waals surface area contributed by atoms with Gasteiger partial charge in [0, 0.05) is 38.2 Å². The number of hydrogen-bond donors (Lipinski definition) is 0. The predicted octanol–water partition coefficient (Wildman–Crippen LogP) is 4.02. The van der Waals surface area contributed by atoms with E-state index in [1.54, 1.807) is 7.11 Å². The van der Waals surface area contributed by atoms with Crippen molar-refractivity contribution in [3.8, 4) is 11.5 Å². The highest BCUT2D eigenvalue weighted by Gasteiger charge is 2.23. The monoisotopic (exact) mass is 438 g/mol. The third-order valence-electron chi connectivity index (χ3n) is 6.05. The van der Waals surface area contributed by atoms with Crippen molar-refractivity contribution in [1.29, 1.82) is 0 Å². The minimum absolute atomic E-state index is 0.0453. The third kappa shape index (κ3) is 5.81. The SMILES string of the molecule is CCOc1ccc(CCC(=O)N2CCCN(C(=O)c3ccc(C)c(C)c3)CC2)cc1OC. The summed E-state index contributed by atoms with van der Waals surface area (Å²) in [6.45, 7) is 9.07. The van der Waals surface area contributed by atoms with Gasteiger partial charge in [0.25, 0.3) is 5.91 Å². The van der Waals surface area contributed by atoms with Crippen molar-refractivity contribution in [3.05, 3.63) is 58.7 Å². The zero-order chi connectivity index (χ0) is 23.1. The van der Waals surface area contributed by atoms with E-state index in [4.69, 9.17) is 9.47 Å². The molecule has 0 unspecified atom stereocenters. The molecule has 0 radical (unpaired) electrons. The molecule has 1 fully saturated rings. The molecule has 3 rings (SSSR count). The average Bonchev–Trinajstić information content (AvgIpc) is 3.06. The van der Waals surface area contributed by atoms with Gasteiger partial charge in [0.1, 0.15) is 0 Å². The van der Waals surface area contributed by atoms with E-state index in [9.17, 15) is 9.59 Å². The lowest BCUT2D eigenvalue weighted by molar-refractivity contribution is -0.131. The Hall–Kier alpha value is -3.02. The molecule has 0 aromatic heterocycles.